The molecule has 0 spiro atoms. The number of thioether (sulfide) groups is 1. The molecule has 1 N–H and O–H groups in total. The normalized spacial score (nSPS) is 11.5. The molecule has 5 rings (SSSR count). The third-order valence-corrected chi connectivity index (χ3v) is 12.4. The van der Waals surface area contributed by atoms with Crippen molar-refractivity contribution in [1.29, 1.82) is 0 Å². The van der Waals surface area contributed by atoms with Crippen molar-refractivity contribution in [3.8, 4) is 10.6 Å². The predicted octanol–water partition coefficient (Wildman–Crippen LogP) is 2.42. The standard InChI is InChI=1S/C29H25NPS2.ClHO4/c1-2-32-29-27(30-28(33-29)23-15-7-3-8-16-23)31(24-17-9-4-10-18-24,25-19-11-5-12-20-25)26-21-13-6-14-22-26;2-1(3,4)5/h3-22H,2H2,1H3;(H,2,3,4,5)/q+1;. The van der Waals surface area contributed by atoms with Crippen LogP contribution in [-0.2, 0) is 0 Å². The summed E-state index contributed by atoms with van der Waals surface area (Å²) in [5, 5.41) is 5.11. The Kier molecular flexibility index (Phi) is 9.71. The third-order valence-electron chi connectivity index (χ3n) is 5.62. The number of hydrogen-bond donors (Lipinski definition) is 1. The van der Waals surface area contributed by atoms with Gasteiger partial charge in [0.1, 0.15) is 25.1 Å². The molecule has 0 radical (unpaired) electrons. The summed E-state index contributed by atoms with van der Waals surface area (Å²) in [6.07, 6.45) is 0. The van der Waals surface area contributed by atoms with Crippen LogP contribution in [0.1, 0.15) is 6.92 Å². The van der Waals surface area contributed by atoms with Crippen LogP contribution in [0.3, 0.4) is 0 Å². The molecule has 0 atom stereocenters. The quantitative estimate of drug-likeness (QED) is 0.234. The van der Waals surface area contributed by atoms with Crippen molar-refractivity contribution in [3.63, 3.8) is 0 Å². The van der Waals surface area contributed by atoms with E-state index in [-0.39, 0.29) is 0 Å². The number of nitrogens with zero attached hydrogens (tertiary/aromatic N) is 1. The van der Waals surface area contributed by atoms with Crippen molar-refractivity contribution in [2.45, 2.75) is 11.1 Å². The van der Waals surface area contributed by atoms with Crippen molar-refractivity contribution in [1.82, 2.24) is 4.98 Å². The molecule has 194 valence electrons. The summed E-state index contributed by atoms with van der Waals surface area (Å²) in [5.74, 6) is 1.02. The van der Waals surface area contributed by atoms with Crippen LogP contribution in [0.5, 0.6) is 0 Å². The van der Waals surface area contributed by atoms with Crippen molar-refractivity contribution < 1.29 is 28.9 Å². The first-order valence-electron chi connectivity index (χ1n) is 11.7. The molecule has 0 aliphatic rings. The van der Waals surface area contributed by atoms with Gasteiger partial charge in [0, 0.05) is 5.56 Å². The van der Waals surface area contributed by atoms with Crippen LogP contribution in [0, 0.1) is 10.2 Å². The van der Waals surface area contributed by atoms with E-state index in [1.165, 1.54) is 31.1 Å². The summed E-state index contributed by atoms with van der Waals surface area (Å²) in [6, 6.07) is 43.6. The minimum absolute atomic E-state index is 1.02. The second kappa shape index (κ2) is 13.0. The highest BCUT2D eigenvalue weighted by Crippen LogP contribution is 2.56. The van der Waals surface area contributed by atoms with Crippen LogP contribution in [-0.4, -0.2) is 15.4 Å². The molecule has 0 aliphatic heterocycles. The van der Waals surface area contributed by atoms with Crippen LogP contribution in [0.4, 0.5) is 0 Å². The Morgan fingerprint density at radius 3 is 1.45 bits per heavy atom. The Bertz CT molecular complexity index is 1310. The molecule has 0 bridgehead atoms. The first kappa shape index (κ1) is 28.4. The summed E-state index contributed by atoms with van der Waals surface area (Å²) in [5.41, 5.74) is 2.40. The first-order chi connectivity index (χ1) is 18.3. The van der Waals surface area contributed by atoms with E-state index in [1.54, 1.807) is 0 Å². The average Bonchev–Trinajstić information content (AvgIpc) is 3.35. The molecule has 38 heavy (non-hydrogen) atoms. The second-order valence-corrected chi connectivity index (χ2v) is 14.6. The van der Waals surface area contributed by atoms with E-state index in [0.29, 0.717) is 0 Å². The molecule has 5 aromatic rings. The van der Waals surface area contributed by atoms with Gasteiger partial charge in [0.25, 0.3) is 0 Å². The van der Waals surface area contributed by atoms with Gasteiger partial charge in [-0.2, -0.15) is 19.0 Å². The zero-order chi connectivity index (χ0) is 27.0. The van der Waals surface area contributed by atoms with Crippen molar-refractivity contribution in [3.05, 3.63) is 121 Å². The molecule has 0 unspecified atom stereocenters. The maximum Gasteiger partial charge on any atom is 0.223 e. The number of halogens is 1. The van der Waals surface area contributed by atoms with Crippen LogP contribution in [0.25, 0.3) is 10.6 Å². The maximum absolute atomic E-state index is 8.60. The van der Waals surface area contributed by atoms with Gasteiger partial charge in [-0.05, 0) is 42.2 Å². The lowest BCUT2D eigenvalue weighted by Gasteiger charge is -2.26. The van der Waals surface area contributed by atoms with Gasteiger partial charge in [0.15, 0.2) is 7.26 Å². The second-order valence-electron chi connectivity index (χ2n) is 8.00. The zero-order valence-corrected chi connectivity index (χ0v) is 23.8. The molecule has 0 amide bonds. The van der Waals surface area contributed by atoms with Gasteiger partial charge in [0.2, 0.25) is 5.44 Å². The first-order valence-corrected chi connectivity index (χ1v) is 16.6. The summed E-state index contributed by atoms with van der Waals surface area (Å²) in [4.78, 5) is 5.45. The monoisotopic (exact) mass is 582 g/mol. The Labute approximate surface area is 233 Å². The van der Waals surface area contributed by atoms with Gasteiger partial charge in [-0.25, -0.2) is 0 Å². The molecule has 0 saturated heterocycles. The Balaban J connectivity index is 0.000000617. The molecule has 0 fully saturated rings. The molecular weight excluding hydrogens is 557 g/mol. The molecule has 0 saturated carbocycles. The average molecular weight is 583 g/mol. The fourth-order valence-electron chi connectivity index (χ4n) is 4.21. The summed E-state index contributed by atoms with van der Waals surface area (Å²) in [7, 11) is -6.89. The van der Waals surface area contributed by atoms with Crippen molar-refractivity contribution >= 4 is 51.7 Å². The van der Waals surface area contributed by atoms with Crippen LogP contribution >= 0.6 is 30.4 Å². The lowest BCUT2D eigenvalue weighted by atomic mass is 10.2. The Hall–Kier alpha value is -2.58. The van der Waals surface area contributed by atoms with Gasteiger partial charge in [-0.3, -0.25) is 0 Å². The number of rotatable bonds is 7. The minimum atomic E-state index is -4.69. The lowest BCUT2D eigenvalue weighted by molar-refractivity contribution is -1.92. The predicted molar refractivity (Wildman–Crippen MR) is 151 cm³/mol. The summed E-state index contributed by atoms with van der Waals surface area (Å²) in [6.45, 7) is 2.23. The molecule has 9 heteroatoms. The number of aromatic nitrogens is 1. The Morgan fingerprint density at radius 1 is 0.711 bits per heavy atom. The van der Waals surface area contributed by atoms with Crippen molar-refractivity contribution in [2.75, 3.05) is 5.75 Å². The number of thiazole rings is 1. The molecule has 5 nitrogen and oxygen atoms in total. The van der Waals surface area contributed by atoms with Gasteiger partial charge in [-0.1, -0.05) is 91.9 Å². The van der Waals surface area contributed by atoms with E-state index >= 15 is 0 Å². The minimum Gasteiger partial charge on any atom is -0.200 e. The van der Waals surface area contributed by atoms with Crippen molar-refractivity contribution in [2.24, 2.45) is 0 Å². The number of benzene rings is 4. The summed E-state index contributed by atoms with van der Waals surface area (Å²) < 4.78 is 34.0. The van der Waals surface area contributed by atoms with E-state index in [1.807, 2.05) is 23.1 Å². The molecule has 4 aromatic carbocycles. The molecule has 0 aliphatic carbocycles. The highest BCUT2D eigenvalue weighted by Gasteiger charge is 2.52. The van der Waals surface area contributed by atoms with E-state index in [2.05, 4.69) is 128 Å². The molecule has 1 aromatic heterocycles. The third kappa shape index (κ3) is 6.70. The number of hydrogen-bond acceptors (Lipinski definition) is 7. The largest absolute Gasteiger partial charge is 0.223 e. The van der Waals surface area contributed by atoms with E-state index in [0.717, 1.165) is 10.8 Å². The van der Waals surface area contributed by atoms with Gasteiger partial charge < -0.3 is 0 Å². The zero-order valence-electron chi connectivity index (χ0n) is 20.5. The van der Waals surface area contributed by atoms with Gasteiger partial charge in [-0.15, -0.1) is 23.1 Å². The fraction of sp³-hybridized carbons (Fsp3) is 0.0690. The van der Waals surface area contributed by atoms with Crippen LogP contribution < -0.4 is 35.3 Å². The SMILES string of the molecule is CCSc1sc(-c2ccccc2)nc1[P+](c1ccccc1)(c1ccccc1)c1ccccc1.[O-][Cl+3]([O-])([O-])O. The molecular formula is C29H26ClNO4PS2+. The lowest BCUT2D eigenvalue weighted by Crippen LogP contribution is -2.58. The maximum atomic E-state index is 8.60. The highest BCUT2D eigenvalue weighted by molar-refractivity contribution is 8.05. The molecule has 1 heterocycles. The van der Waals surface area contributed by atoms with E-state index < -0.39 is 17.5 Å². The smallest absolute Gasteiger partial charge is 0.200 e. The Morgan fingerprint density at radius 2 is 1.08 bits per heavy atom. The van der Waals surface area contributed by atoms with Gasteiger partial charge >= 0.3 is 0 Å². The highest BCUT2D eigenvalue weighted by atomic mass is 35.7. The summed E-state index contributed by atoms with van der Waals surface area (Å²) >= 11 is 3.74. The topological polar surface area (TPSA) is 102 Å². The van der Waals surface area contributed by atoms with Gasteiger partial charge in [0.05, 0.1) is 14.9 Å². The van der Waals surface area contributed by atoms with Crippen LogP contribution in [0.15, 0.2) is 126 Å². The van der Waals surface area contributed by atoms with E-state index in [4.69, 9.17) is 23.6 Å². The fourth-order valence-corrected chi connectivity index (χ4v) is 11.4. The van der Waals surface area contributed by atoms with E-state index in [9.17, 15) is 0 Å². The van der Waals surface area contributed by atoms with Crippen LogP contribution in [0.2, 0.25) is 0 Å².